The molecule has 1 fully saturated rings. The zero-order valence-electron chi connectivity index (χ0n) is 16.6. The van der Waals surface area contributed by atoms with Crippen molar-refractivity contribution >= 4 is 27.5 Å². The van der Waals surface area contributed by atoms with Gasteiger partial charge in [0.1, 0.15) is 22.8 Å². The molecule has 8 nitrogen and oxygen atoms in total. The summed E-state index contributed by atoms with van der Waals surface area (Å²) in [4.78, 5) is 11.7. The van der Waals surface area contributed by atoms with E-state index in [2.05, 4.69) is 27.0 Å². The van der Waals surface area contributed by atoms with Gasteiger partial charge >= 0.3 is 0 Å². The quantitative estimate of drug-likeness (QED) is 0.592. The Labute approximate surface area is 172 Å². The molecule has 0 bridgehead atoms. The molecule has 3 aromatic heterocycles. The van der Waals surface area contributed by atoms with Gasteiger partial charge in [-0.3, -0.25) is 14.3 Å². The lowest BCUT2D eigenvalue weighted by molar-refractivity contribution is 0.0985. The van der Waals surface area contributed by atoms with Gasteiger partial charge < -0.3 is 14.4 Å². The molecule has 2 unspecified atom stereocenters. The van der Waals surface area contributed by atoms with Crippen molar-refractivity contribution in [1.82, 2.24) is 20.2 Å². The molecule has 2 atom stereocenters. The molecule has 0 radical (unpaired) electrons. The van der Waals surface area contributed by atoms with E-state index in [9.17, 15) is 4.21 Å². The van der Waals surface area contributed by atoms with E-state index >= 15 is 0 Å². The van der Waals surface area contributed by atoms with E-state index in [1.807, 2.05) is 18.2 Å². The highest BCUT2D eigenvalue weighted by Gasteiger charge is 2.23. The predicted molar refractivity (Wildman–Crippen MR) is 114 cm³/mol. The van der Waals surface area contributed by atoms with Gasteiger partial charge in [-0.25, -0.2) is 4.98 Å². The summed E-state index contributed by atoms with van der Waals surface area (Å²) in [7, 11) is -0.823. The minimum absolute atomic E-state index is 0.219. The summed E-state index contributed by atoms with van der Waals surface area (Å²) in [6.45, 7) is 4.73. The molecule has 0 aliphatic carbocycles. The minimum Gasteiger partial charge on any atom is -0.493 e. The first-order valence-corrected chi connectivity index (χ1v) is 11.4. The Hall–Kier alpha value is -2.52. The van der Waals surface area contributed by atoms with Crippen molar-refractivity contribution in [3.8, 4) is 17.1 Å². The number of nitrogens with zero attached hydrogens (tertiary/aromatic N) is 4. The topological polar surface area (TPSA) is 93.2 Å². The summed E-state index contributed by atoms with van der Waals surface area (Å²) in [6, 6.07) is 6.01. The van der Waals surface area contributed by atoms with Crippen molar-refractivity contribution in [2.24, 2.45) is 0 Å². The molecule has 1 saturated heterocycles. The van der Waals surface area contributed by atoms with Crippen LogP contribution in [-0.4, -0.2) is 68.8 Å². The average Bonchev–Trinajstić information content (AvgIpc) is 3.25. The molecule has 0 amide bonds. The average molecular weight is 416 g/mol. The van der Waals surface area contributed by atoms with Gasteiger partial charge in [0.2, 0.25) is 0 Å². The molecule has 1 aliphatic heterocycles. The Balaban J connectivity index is 1.76. The first-order chi connectivity index (χ1) is 14.1. The van der Waals surface area contributed by atoms with Crippen LogP contribution in [0.1, 0.15) is 13.3 Å². The fraction of sp³-hybridized carbons (Fsp3) is 0.450. The molecule has 1 aliphatic rings. The molecule has 9 heteroatoms. The van der Waals surface area contributed by atoms with E-state index in [1.54, 1.807) is 18.6 Å². The molecule has 4 heterocycles. The molecular weight excluding hydrogens is 390 g/mol. The van der Waals surface area contributed by atoms with Gasteiger partial charge in [0.25, 0.3) is 0 Å². The van der Waals surface area contributed by atoms with Gasteiger partial charge in [-0.2, -0.15) is 5.10 Å². The third-order valence-corrected chi connectivity index (χ3v) is 5.79. The fourth-order valence-electron chi connectivity index (χ4n) is 3.47. The van der Waals surface area contributed by atoms with Crippen LogP contribution in [0.2, 0.25) is 0 Å². The Morgan fingerprint density at radius 2 is 2.28 bits per heavy atom. The maximum absolute atomic E-state index is 11.3. The molecule has 1 N–H and O–H groups in total. The van der Waals surface area contributed by atoms with Crippen molar-refractivity contribution in [3.05, 3.63) is 30.6 Å². The van der Waals surface area contributed by atoms with E-state index in [-0.39, 0.29) is 6.04 Å². The number of anilines is 1. The SMILES string of the molecule is CC1COCCN1c1cc(OCCCS(C)=O)c2ccnc(-c3ccn[nH]3)c2n1. The zero-order valence-corrected chi connectivity index (χ0v) is 17.4. The van der Waals surface area contributed by atoms with Crippen LogP contribution >= 0.6 is 0 Å². The van der Waals surface area contributed by atoms with Crippen LogP contribution in [0.3, 0.4) is 0 Å². The van der Waals surface area contributed by atoms with Gasteiger partial charge in [-0.15, -0.1) is 0 Å². The summed E-state index contributed by atoms with van der Waals surface area (Å²) >= 11 is 0. The highest BCUT2D eigenvalue weighted by atomic mass is 32.2. The van der Waals surface area contributed by atoms with Gasteiger partial charge in [0, 0.05) is 53.2 Å². The summed E-state index contributed by atoms with van der Waals surface area (Å²) in [5.74, 6) is 2.22. The number of ether oxygens (including phenoxy) is 2. The summed E-state index contributed by atoms with van der Waals surface area (Å²) in [5, 5.41) is 7.92. The second-order valence-corrected chi connectivity index (χ2v) is 8.66. The largest absolute Gasteiger partial charge is 0.493 e. The third-order valence-electron chi connectivity index (χ3n) is 4.93. The molecule has 3 aromatic rings. The lowest BCUT2D eigenvalue weighted by Gasteiger charge is -2.34. The lowest BCUT2D eigenvalue weighted by atomic mass is 10.1. The van der Waals surface area contributed by atoms with Crippen LogP contribution in [0.15, 0.2) is 30.6 Å². The first-order valence-electron chi connectivity index (χ1n) is 9.70. The van der Waals surface area contributed by atoms with Gasteiger partial charge in [0.15, 0.2) is 0 Å². The Morgan fingerprint density at radius 3 is 3.03 bits per heavy atom. The maximum atomic E-state index is 11.3. The molecular formula is C20H25N5O3S. The minimum atomic E-state index is -0.823. The predicted octanol–water partition coefficient (Wildman–Crippen LogP) is 2.39. The highest BCUT2D eigenvalue weighted by molar-refractivity contribution is 7.84. The summed E-state index contributed by atoms with van der Waals surface area (Å²) < 4.78 is 23.1. The van der Waals surface area contributed by atoms with E-state index in [0.29, 0.717) is 25.6 Å². The number of hydrogen-bond donors (Lipinski definition) is 1. The number of nitrogens with one attached hydrogen (secondary N) is 1. The summed E-state index contributed by atoms with van der Waals surface area (Å²) in [5.41, 5.74) is 2.31. The normalized spacial score (nSPS) is 18.1. The third kappa shape index (κ3) is 4.40. The maximum Gasteiger partial charge on any atom is 0.133 e. The van der Waals surface area contributed by atoms with Crippen molar-refractivity contribution in [1.29, 1.82) is 0 Å². The van der Waals surface area contributed by atoms with Gasteiger partial charge in [-0.1, -0.05) is 0 Å². The summed E-state index contributed by atoms with van der Waals surface area (Å²) in [6.07, 6.45) is 5.90. The Morgan fingerprint density at radius 1 is 1.38 bits per heavy atom. The van der Waals surface area contributed by atoms with E-state index in [1.165, 1.54) is 0 Å². The number of H-pyrrole nitrogens is 1. The zero-order chi connectivity index (χ0) is 20.2. The van der Waals surface area contributed by atoms with Crippen molar-refractivity contribution in [2.75, 3.05) is 43.3 Å². The standard InChI is InChI=1S/C20H25N5O3S/c1-14-13-27-10-8-25(14)18-12-17(28-9-3-11-29(2)26)15-4-6-21-20(19(15)23-18)16-5-7-22-24-16/h4-7,12,14H,3,8-11,13H2,1-2H3,(H,22,24). The number of aromatic nitrogens is 4. The number of rotatable bonds is 7. The van der Waals surface area contributed by atoms with Crippen LogP contribution in [0, 0.1) is 0 Å². The van der Waals surface area contributed by atoms with Crippen LogP contribution in [0.25, 0.3) is 22.3 Å². The van der Waals surface area contributed by atoms with Crippen LogP contribution in [-0.2, 0) is 15.5 Å². The van der Waals surface area contributed by atoms with E-state index in [4.69, 9.17) is 14.5 Å². The van der Waals surface area contributed by atoms with Crippen molar-refractivity contribution in [2.45, 2.75) is 19.4 Å². The smallest absolute Gasteiger partial charge is 0.133 e. The molecule has 0 spiro atoms. The molecule has 0 saturated carbocycles. The molecule has 4 rings (SSSR count). The van der Waals surface area contributed by atoms with E-state index in [0.717, 1.165) is 46.8 Å². The Kier molecular flexibility index (Phi) is 6.05. The molecule has 29 heavy (non-hydrogen) atoms. The number of pyridine rings is 2. The number of hydrogen-bond acceptors (Lipinski definition) is 7. The van der Waals surface area contributed by atoms with Gasteiger partial charge in [0.05, 0.1) is 31.6 Å². The number of fused-ring (bicyclic) bond motifs is 1. The second kappa shape index (κ2) is 8.87. The van der Waals surface area contributed by atoms with E-state index < -0.39 is 10.8 Å². The lowest BCUT2D eigenvalue weighted by Crippen LogP contribution is -2.44. The first kappa shape index (κ1) is 19.8. The monoisotopic (exact) mass is 415 g/mol. The van der Waals surface area contributed by atoms with Gasteiger partial charge in [-0.05, 0) is 25.5 Å². The fourth-order valence-corrected chi connectivity index (χ4v) is 4.00. The van der Waals surface area contributed by atoms with Crippen LogP contribution in [0.4, 0.5) is 5.82 Å². The Bertz CT molecular complexity index is 995. The number of aromatic amines is 1. The molecule has 0 aromatic carbocycles. The van der Waals surface area contributed by atoms with Crippen LogP contribution < -0.4 is 9.64 Å². The van der Waals surface area contributed by atoms with Crippen LogP contribution in [0.5, 0.6) is 5.75 Å². The second-order valence-electron chi connectivity index (χ2n) is 7.10. The molecule has 154 valence electrons. The van der Waals surface area contributed by atoms with Crippen molar-refractivity contribution < 1.29 is 13.7 Å². The highest BCUT2D eigenvalue weighted by Crippen LogP contribution is 2.34. The number of morpholine rings is 1. The van der Waals surface area contributed by atoms with Crippen molar-refractivity contribution in [3.63, 3.8) is 0 Å².